The fraction of sp³-hybridized carbons (Fsp3) is 0.667. The van der Waals surface area contributed by atoms with Crippen LogP contribution in [0.1, 0.15) is 43.8 Å². The van der Waals surface area contributed by atoms with Crippen molar-refractivity contribution in [1.29, 1.82) is 0 Å². The summed E-state index contributed by atoms with van der Waals surface area (Å²) in [4.78, 5) is 24.9. The third-order valence-electron chi connectivity index (χ3n) is 3.65. The molecule has 1 heterocycles. The molecule has 5 nitrogen and oxygen atoms in total. The Hall–Kier alpha value is -1.52. The van der Waals surface area contributed by atoms with Gasteiger partial charge in [-0.1, -0.05) is 0 Å². The number of carbonyl (C=O) groups is 1. The second kappa shape index (κ2) is 4.77. The zero-order valence-corrected chi connectivity index (χ0v) is 9.98. The second-order valence-corrected chi connectivity index (χ2v) is 4.88. The minimum absolute atomic E-state index is 0.0517. The lowest BCUT2D eigenvalue weighted by Crippen LogP contribution is -2.27. The van der Waals surface area contributed by atoms with Crippen molar-refractivity contribution in [3.8, 4) is 0 Å². The van der Waals surface area contributed by atoms with Gasteiger partial charge in [0.1, 0.15) is 0 Å². The molecule has 0 aliphatic heterocycles. The largest absolute Gasteiger partial charge is 0.481 e. The molecule has 1 aliphatic rings. The van der Waals surface area contributed by atoms with Crippen molar-refractivity contribution in [3.05, 3.63) is 22.4 Å². The van der Waals surface area contributed by atoms with Crippen molar-refractivity contribution in [2.24, 2.45) is 5.92 Å². The average molecular weight is 238 g/mol. The quantitative estimate of drug-likeness (QED) is 0.841. The minimum Gasteiger partial charge on any atom is -0.481 e. The number of H-pyrrole nitrogens is 1. The van der Waals surface area contributed by atoms with Gasteiger partial charge in [0.25, 0.3) is 0 Å². The summed E-state index contributed by atoms with van der Waals surface area (Å²) in [5, 5.41) is 8.74. The number of rotatable bonds is 3. The third kappa shape index (κ3) is 2.60. The standard InChI is InChI=1S/C12H18N2O3/c1-8-7-13-12(17)14(8)10-4-2-9(3-5-10)6-11(15)16/h7,9-10H,2-6H2,1H3,(H,13,17)(H,15,16). The van der Waals surface area contributed by atoms with Gasteiger partial charge in [0.05, 0.1) is 0 Å². The molecule has 0 unspecified atom stereocenters. The molecule has 0 radical (unpaired) electrons. The highest BCUT2D eigenvalue weighted by molar-refractivity contribution is 5.67. The highest BCUT2D eigenvalue weighted by Gasteiger charge is 2.25. The summed E-state index contributed by atoms with van der Waals surface area (Å²) in [7, 11) is 0. The van der Waals surface area contributed by atoms with Crippen molar-refractivity contribution < 1.29 is 9.90 Å². The zero-order chi connectivity index (χ0) is 12.4. The van der Waals surface area contributed by atoms with E-state index in [2.05, 4.69) is 4.98 Å². The van der Waals surface area contributed by atoms with E-state index in [9.17, 15) is 9.59 Å². The van der Waals surface area contributed by atoms with Crippen LogP contribution in [0.3, 0.4) is 0 Å². The van der Waals surface area contributed by atoms with Gasteiger partial charge < -0.3 is 10.1 Å². The molecule has 0 saturated heterocycles. The van der Waals surface area contributed by atoms with Crippen molar-refractivity contribution in [2.45, 2.75) is 45.1 Å². The molecule has 2 N–H and O–H groups in total. The molecule has 1 saturated carbocycles. The van der Waals surface area contributed by atoms with E-state index in [-0.39, 0.29) is 24.1 Å². The number of hydrogen-bond acceptors (Lipinski definition) is 2. The summed E-state index contributed by atoms with van der Waals surface area (Å²) in [6, 6.07) is 0.235. The summed E-state index contributed by atoms with van der Waals surface area (Å²) in [5.41, 5.74) is 0.904. The molecule has 17 heavy (non-hydrogen) atoms. The van der Waals surface area contributed by atoms with Gasteiger partial charge in [-0.2, -0.15) is 0 Å². The van der Waals surface area contributed by atoms with E-state index in [1.807, 2.05) is 6.92 Å². The number of aromatic amines is 1. The summed E-state index contributed by atoms with van der Waals surface area (Å²) in [5.74, 6) is -0.442. The van der Waals surface area contributed by atoms with Gasteiger partial charge in [0.2, 0.25) is 0 Å². The predicted molar refractivity (Wildman–Crippen MR) is 63.0 cm³/mol. The molecule has 5 heteroatoms. The maximum absolute atomic E-state index is 11.6. The number of aryl methyl sites for hydroxylation is 1. The number of imidazole rings is 1. The highest BCUT2D eigenvalue weighted by atomic mass is 16.4. The van der Waals surface area contributed by atoms with Crippen LogP contribution in [0.15, 0.2) is 11.0 Å². The molecule has 0 bridgehead atoms. The summed E-state index contributed by atoms with van der Waals surface area (Å²) in [6.07, 6.45) is 5.58. The summed E-state index contributed by atoms with van der Waals surface area (Å²) < 4.78 is 1.80. The Labute approximate surface area is 99.5 Å². The van der Waals surface area contributed by atoms with Crippen LogP contribution in [0.4, 0.5) is 0 Å². The molecule has 1 aliphatic carbocycles. The fourth-order valence-electron chi connectivity index (χ4n) is 2.77. The Kier molecular flexibility index (Phi) is 3.36. The number of carboxylic acid groups (broad SMARTS) is 1. The molecule has 0 amide bonds. The molecule has 1 aromatic rings. The maximum Gasteiger partial charge on any atom is 0.325 e. The molecule has 94 valence electrons. The summed E-state index contributed by atoms with van der Waals surface area (Å²) in [6.45, 7) is 1.92. The Bertz CT molecular complexity index is 453. The molecular weight excluding hydrogens is 220 g/mol. The van der Waals surface area contributed by atoms with Crippen LogP contribution < -0.4 is 5.69 Å². The van der Waals surface area contributed by atoms with Gasteiger partial charge in [0.15, 0.2) is 0 Å². The van der Waals surface area contributed by atoms with E-state index >= 15 is 0 Å². The van der Waals surface area contributed by atoms with Gasteiger partial charge in [-0.05, 0) is 38.5 Å². The molecule has 2 rings (SSSR count). The minimum atomic E-state index is -0.719. The highest BCUT2D eigenvalue weighted by Crippen LogP contribution is 2.33. The van der Waals surface area contributed by atoms with Gasteiger partial charge in [0, 0.05) is 24.4 Å². The second-order valence-electron chi connectivity index (χ2n) is 4.88. The number of nitrogens with one attached hydrogen (secondary N) is 1. The van der Waals surface area contributed by atoms with Crippen LogP contribution >= 0.6 is 0 Å². The molecule has 0 atom stereocenters. The van der Waals surface area contributed by atoms with Crippen LogP contribution in [-0.2, 0) is 4.79 Å². The smallest absolute Gasteiger partial charge is 0.325 e. The lowest BCUT2D eigenvalue weighted by molar-refractivity contribution is -0.138. The zero-order valence-electron chi connectivity index (χ0n) is 9.98. The SMILES string of the molecule is Cc1c[nH]c(=O)n1C1CCC(CC(=O)O)CC1. The first-order chi connectivity index (χ1) is 8.08. The predicted octanol–water partition coefficient (Wildman–Crippen LogP) is 1.69. The van der Waals surface area contributed by atoms with E-state index in [1.54, 1.807) is 10.8 Å². The van der Waals surface area contributed by atoms with Crippen LogP contribution in [0.5, 0.6) is 0 Å². The lowest BCUT2D eigenvalue weighted by atomic mass is 9.84. The van der Waals surface area contributed by atoms with Gasteiger partial charge in [-0.25, -0.2) is 4.79 Å². The monoisotopic (exact) mass is 238 g/mol. The van der Waals surface area contributed by atoms with Crippen LogP contribution in [0.25, 0.3) is 0 Å². The van der Waals surface area contributed by atoms with Crippen LogP contribution in [0, 0.1) is 12.8 Å². The Morgan fingerprint density at radius 2 is 2.12 bits per heavy atom. The van der Waals surface area contributed by atoms with Crippen molar-refractivity contribution in [2.75, 3.05) is 0 Å². The molecule has 0 spiro atoms. The molecule has 0 aromatic carbocycles. The van der Waals surface area contributed by atoms with E-state index in [0.717, 1.165) is 31.4 Å². The van der Waals surface area contributed by atoms with Gasteiger partial charge >= 0.3 is 11.7 Å². The average Bonchev–Trinajstić information content (AvgIpc) is 2.59. The third-order valence-corrected chi connectivity index (χ3v) is 3.65. The molecular formula is C12H18N2O3. The number of carboxylic acids is 1. The molecule has 1 fully saturated rings. The Morgan fingerprint density at radius 3 is 2.59 bits per heavy atom. The lowest BCUT2D eigenvalue weighted by Gasteiger charge is -2.28. The van der Waals surface area contributed by atoms with E-state index in [0.29, 0.717) is 0 Å². The van der Waals surface area contributed by atoms with E-state index in [1.165, 1.54) is 0 Å². The number of hydrogen-bond donors (Lipinski definition) is 2. The Morgan fingerprint density at radius 1 is 1.47 bits per heavy atom. The van der Waals surface area contributed by atoms with E-state index in [4.69, 9.17) is 5.11 Å². The number of aromatic nitrogens is 2. The van der Waals surface area contributed by atoms with Crippen molar-refractivity contribution >= 4 is 5.97 Å². The first-order valence-electron chi connectivity index (χ1n) is 6.06. The van der Waals surface area contributed by atoms with Crippen molar-refractivity contribution in [3.63, 3.8) is 0 Å². The summed E-state index contributed by atoms with van der Waals surface area (Å²) >= 11 is 0. The molecule has 1 aromatic heterocycles. The van der Waals surface area contributed by atoms with Crippen LogP contribution in [0.2, 0.25) is 0 Å². The number of aliphatic carboxylic acids is 1. The Balaban J connectivity index is 2.00. The van der Waals surface area contributed by atoms with Gasteiger partial charge in [-0.15, -0.1) is 0 Å². The fourth-order valence-corrected chi connectivity index (χ4v) is 2.77. The number of nitrogens with zero attached hydrogens (tertiary/aromatic N) is 1. The normalized spacial score (nSPS) is 24.8. The van der Waals surface area contributed by atoms with E-state index < -0.39 is 5.97 Å². The van der Waals surface area contributed by atoms with Gasteiger partial charge in [-0.3, -0.25) is 9.36 Å². The first-order valence-corrected chi connectivity index (χ1v) is 6.06. The first kappa shape index (κ1) is 12.0. The van der Waals surface area contributed by atoms with Crippen LogP contribution in [-0.4, -0.2) is 20.6 Å². The topological polar surface area (TPSA) is 75.1 Å². The maximum atomic E-state index is 11.6. The van der Waals surface area contributed by atoms with Crippen molar-refractivity contribution in [1.82, 2.24) is 9.55 Å².